The van der Waals surface area contributed by atoms with E-state index in [0.717, 1.165) is 29.8 Å². The van der Waals surface area contributed by atoms with E-state index in [0.29, 0.717) is 11.6 Å². The van der Waals surface area contributed by atoms with Gasteiger partial charge < -0.3 is 5.73 Å². The summed E-state index contributed by atoms with van der Waals surface area (Å²) in [5, 5.41) is 0.431. The second-order valence-corrected chi connectivity index (χ2v) is 5.83. The van der Waals surface area contributed by atoms with Gasteiger partial charge in [-0.25, -0.2) is 13.8 Å². The zero-order chi connectivity index (χ0) is 13.4. The molecule has 0 bridgehead atoms. The summed E-state index contributed by atoms with van der Waals surface area (Å²) in [4.78, 5) is 5.58. The average molecular weight is 280 g/mol. The lowest BCUT2D eigenvalue weighted by Gasteiger charge is -2.18. The molecule has 1 unspecified atom stereocenters. The molecule has 0 saturated heterocycles. The highest BCUT2D eigenvalue weighted by molar-refractivity contribution is 7.15. The van der Waals surface area contributed by atoms with E-state index in [1.54, 1.807) is 0 Å². The van der Waals surface area contributed by atoms with E-state index in [2.05, 4.69) is 4.98 Å². The van der Waals surface area contributed by atoms with Crippen LogP contribution in [0, 0.1) is 11.6 Å². The highest BCUT2D eigenvalue weighted by Gasteiger charge is 2.25. The third kappa shape index (κ3) is 2.17. The Morgan fingerprint density at radius 1 is 1.32 bits per heavy atom. The fourth-order valence-corrected chi connectivity index (χ4v) is 3.78. The second-order valence-electron chi connectivity index (χ2n) is 4.75. The van der Waals surface area contributed by atoms with Crippen LogP contribution in [0.2, 0.25) is 0 Å². The molecule has 1 aromatic heterocycles. The zero-order valence-electron chi connectivity index (χ0n) is 10.3. The van der Waals surface area contributed by atoms with E-state index in [1.165, 1.54) is 29.5 Å². The van der Waals surface area contributed by atoms with Crippen LogP contribution in [0.1, 0.15) is 29.3 Å². The minimum Gasteiger partial charge on any atom is -0.330 e. The quantitative estimate of drug-likeness (QED) is 0.915. The largest absolute Gasteiger partial charge is 0.330 e. The molecule has 0 radical (unpaired) electrons. The number of nitrogens with two attached hydrogens (primary N) is 1. The lowest BCUT2D eigenvalue weighted by atomic mass is 9.91. The molecule has 0 spiro atoms. The summed E-state index contributed by atoms with van der Waals surface area (Å²) in [5.41, 5.74) is 6.67. The number of fused-ring (bicyclic) bond motifs is 1. The normalized spacial score (nSPS) is 18.4. The zero-order valence-corrected chi connectivity index (χ0v) is 11.1. The van der Waals surface area contributed by atoms with Crippen molar-refractivity contribution in [2.24, 2.45) is 5.73 Å². The van der Waals surface area contributed by atoms with Crippen LogP contribution in [-0.4, -0.2) is 11.5 Å². The highest BCUT2D eigenvalue weighted by Crippen LogP contribution is 2.39. The molecule has 0 saturated carbocycles. The first-order valence-corrected chi connectivity index (χ1v) is 7.16. The number of hydrogen-bond acceptors (Lipinski definition) is 3. The molecule has 3 rings (SSSR count). The number of thiazole rings is 1. The maximum Gasteiger partial charge on any atom is 0.136 e. The van der Waals surface area contributed by atoms with E-state index in [-0.39, 0.29) is 11.5 Å². The van der Waals surface area contributed by atoms with Crippen LogP contribution >= 0.6 is 11.3 Å². The molecule has 2 nitrogen and oxygen atoms in total. The Bertz CT molecular complexity index is 589. The molecule has 1 heterocycles. The SMILES string of the molecule is NCC1CCCc2sc(-c3c(F)cccc3F)nc21. The van der Waals surface area contributed by atoms with Gasteiger partial charge >= 0.3 is 0 Å². The van der Waals surface area contributed by atoms with Gasteiger partial charge in [0.2, 0.25) is 0 Å². The van der Waals surface area contributed by atoms with Gasteiger partial charge in [0.25, 0.3) is 0 Å². The van der Waals surface area contributed by atoms with Crippen molar-refractivity contribution >= 4 is 11.3 Å². The van der Waals surface area contributed by atoms with Gasteiger partial charge in [0, 0.05) is 17.3 Å². The summed E-state index contributed by atoms with van der Waals surface area (Å²) in [6.45, 7) is 0.538. The van der Waals surface area contributed by atoms with Crippen molar-refractivity contribution < 1.29 is 8.78 Å². The van der Waals surface area contributed by atoms with E-state index in [4.69, 9.17) is 5.73 Å². The Hall–Kier alpha value is -1.33. The van der Waals surface area contributed by atoms with Gasteiger partial charge in [-0.05, 0) is 31.4 Å². The van der Waals surface area contributed by atoms with Crippen LogP contribution in [0.25, 0.3) is 10.6 Å². The van der Waals surface area contributed by atoms with E-state index >= 15 is 0 Å². The molecule has 1 aliphatic carbocycles. The summed E-state index contributed by atoms with van der Waals surface area (Å²) in [6, 6.07) is 3.89. The van der Waals surface area contributed by atoms with Crippen LogP contribution in [0.3, 0.4) is 0 Å². The van der Waals surface area contributed by atoms with Crippen LogP contribution in [0.15, 0.2) is 18.2 Å². The summed E-state index contributed by atoms with van der Waals surface area (Å²) in [6.07, 6.45) is 3.00. The van der Waals surface area contributed by atoms with Crippen molar-refractivity contribution in [3.63, 3.8) is 0 Å². The number of nitrogens with zero attached hydrogens (tertiary/aromatic N) is 1. The van der Waals surface area contributed by atoms with Crippen molar-refractivity contribution in [3.8, 4) is 10.6 Å². The molecule has 0 fully saturated rings. The standard InChI is InChI=1S/C14H14F2N2S/c15-9-4-2-5-10(16)12(9)14-18-13-8(7-17)3-1-6-11(13)19-14/h2,4-5,8H,1,3,6-7,17H2. The van der Waals surface area contributed by atoms with Crippen molar-refractivity contribution in [2.45, 2.75) is 25.2 Å². The predicted octanol–water partition coefficient (Wildman–Crippen LogP) is 3.47. The van der Waals surface area contributed by atoms with Crippen LogP contribution in [-0.2, 0) is 6.42 Å². The van der Waals surface area contributed by atoms with Gasteiger partial charge in [-0.1, -0.05) is 6.07 Å². The first-order chi connectivity index (χ1) is 9.20. The molecular weight excluding hydrogens is 266 g/mol. The molecule has 0 amide bonds. The lowest BCUT2D eigenvalue weighted by Crippen LogP contribution is -2.17. The number of aromatic nitrogens is 1. The predicted molar refractivity (Wildman–Crippen MR) is 72.2 cm³/mol. The fourth-order valence-electron chi connectivity index (χ4n) is 2.55. The molecule has 100 valence electrons. The maximum atomic E-state index is 13.8. The molecule has 19 heavy (non-hydrogen) atoms. The third-order valence-electron chi connectivity index (χ3n) is 3.53. The van der Waals surface area contributed by atoms with Gasteiger partial charge in [0.05, 0.1) is 11.3 Å². The topological polar surface area (TPSA) is 38.9 Å². The summed E-state index contributed by atoms with van der Waals surface area (Å²) in [5.74, 6) is -0.894. The van der Waals surface area contributed by atoms with Gasteiger partial charge in [0.1, 0.15) is 16.6 Å². The Kier molecular flexibility index (Phi) is 3.33. The Morgan fingerprint density at radius 2 is 2.05 bits per heavy atom. The fraction of sp³-hybridized carbons (Fsp3) is 0.357. The molecule has 1 aliphatic rings. The Balaban J connectivity index is 2.10. The van der Waals surface area contributed by atoms with Gasteiger partial charge in [-0.15, -0.1) is 11.3 Å². The van der Waals surface area contributed by atoms with Gasteiger partial charge in [-0.2, -0.15) is 0 Å². The third-order valence-corrected chi connectivity index (χ3v) is 4.68. The number of rotatable bonds is 2. The van der Waals surface area contributed by atoms with Crippen LogP contribution in [0.5, 0.6) is 0 Å². The van der Waals surface area contributed by atoms with Crippen LogP contribution < -0.4 is 5.73 Å². The van der Waals surface area contributed by atoms with Crippen molar-refractivity contribution in [2.75, 3.05) is 6.54 Å². The molecule has 5 heteroatoms. The lowest BCUT2D eigenvalue weighted by molar-refractivity contribution is 0.553. The van der Waals surface area contributed by atoms with Gasteiger partial charge in [0.15, 0.2) is 0 Å². The van der Waals surface area contributed by atoms with Crippen LogP contribution in [0.4, 0.5) is 8.78 Å². The molecule has 2 aromatic rings. The van der Waals surface area contributed by atoms with Crippen molar-refractivity contribution in [1.82, 2.24) is 4.98 Å². The van der Waals surface area contributed by atoms with E-state index in [1.807, 2.05) is 0 Å². The molecular formula is C14H14F2N2S. The number of halogens is 2. The summed E-state index contributed by atoms with van der Waals surface area (Å²) < 4.78 is 27.6. The average Bonchev–Trinajstić information content (AvgIpc) is 2.81. The molecule has 0 aliphatic heterocycles. The van der Waals surface area contributed by atoms with E-state index < -0.39 is 11.6 Å². The summed E-state index contributed by atoms with van der Waals surface area (Å²) >= 11 is 1.39. The first-order valence-electron chi connectivity index (χ1n) is 6.34. The highest BCUT2D eigenvalue weighted by atomic mass is 32.1. The maximum absolute atomic E-state index is 13.8. The number of benzene rings is 1. The molecule has 1 aromatic carbocycles. The van der Waals surface area contributed by atoms with Gasteiger partial charge in [-0.3, -0.25) is 0 Å². The van der Waals surface area contributed by atoms with E-state index in [9.17, 15) is 8.78 Å². The Labute approximate surface area is 114 Å². The monoisotopic (exact) mass is 280 g/mol. The molecule has 2 N–H and O–H groups in total. The van der Waals surface area contributed by atoms with Crippen molar-refractivity contribution in [3.05, 3.63) is 40.4 Å². The second kappa shape index (κ2) is 4.98. The first kappa shape index (κ1) is 12.7. The smallest absolute Gasteiger partial charge is 0.136 e. The van der Waals surface area contributed by atoms with Crippen molar-refractivity contribution in [1.29, 1.82) is 0 Å². The minimum absolute atomic E-state index is 0.0160. The molecule has 1 atom stereocenters. The summed E-state index contributed by atoms with van der Waals surface area (Å²) in [7, 11) is 0. The Morgan fingerprint density at radius 3 is 2.74 bits per heavy atom. The number of hydrogen-bond donors (Lipinski definition) is 1. The number of aryl methyl sites for hydroxylation is 1. The minimum atomic E-state index is -0.560.